The van der Waals surface area contributed by atoms with Gasteiger partial charge >= 0.3 is 0 Å². The van der Waals surface area contributed by atoms with Crippen LogP contribution in [-0.4, -0.2) is 11.7 Å². The summed E-state index contributed by atoms with van der Waals surface area (Å²) in [6.07, 6.45) is 0.715. The van der Waals surface area contributed by atoms with E-state index < -0.39 is 0 Å². The van der Waals surface area contributed by atoms with Gasteiger partial charge in [-0.05, 0) is 48.1 Å². The molecule has 2 nitrogen and oxygen atoms in total. The zero-order chi connectivity index (χ0) is 15.2. The largest absolute Gasteiger partial charge is 0.396 e. The Labute approximate surface area is 127 Å². The molecule has 0 heterocycles. The molecule has 0 fully saturated rings. The lowest BCUT2D eigenvalue weighted by molar-refractivity contribution is 0.299. The minimum absolute atomic E-state index is 0.200. The second kappa shape index (κ2) is 7.28. The molecule has 0 spiro atoms. The molecule has 2 aromatic rings. The Kier molecular flexibility index (Phi) is 5.40. The quantitative estimate of drug-likeness (QED) is 0.817. The maximum absolute atomic E-state index is 8.93. The van der Waals surface area contributed by atoms with E-state index in [1.54, 1.807) is 0 Å². The number of aliphatic hydroxyl groups excluding tert-OH is 1. The zero-order valence-corrected chi connectivity index (χ0v) is 13.1. The van der Waals surface area contributed by atoms with Crippen molar-refractivity contribution in [3.05, 3.63) is 65.2 Å². The molecule has 1 atom stereocenters. The van der Waals surface area contributed by atoms with Gasteiger partial charge in [-0.3, -0.25) is 0 Å². The lowest BCUT2D eigenvalue weighted by Crippen LogP contribution is -2.06. The van der Waals surface area contributed by atoms with Crippen LogP contribution in [0.5, 0.6) is 0 Å². The van der Waals surface area contributed by atoms with E-state index in [-0.39, 0.29) is 12.6 Å². The molecule has 2 aromatic carbocycles. The van der Waals surface area contributed by atoms with Crippen molar-refractivity contribution < 1.29 is 5.11 Å². The van der Waals surface area contributed by atoms with Crippen LogP contribution in [-0.2, 0) is 6.42 Å². The molecule has 2 rings (SSSR count). The predicted octanol–water partition coefficient (Wildman–Crippen LogP) is 4.52. The molecular formula is C19H25NO. The maximum Gasteiger partial charge on any atom is 0.0485 e. The molecule has 0 amide bonds. The molecule has 1 unspecified atom stereocenters. The smallest absolute Gasteiger partial charge is 0.0485 e. The number of rotatable bonds is 6. The van der Waals surface area contributed by atoms with Gasteiger partial charge in [-0.2, -0.15) is 0 Å². The molecule has 0 radical (unpaired) electrons. The number of nitrogens with one attached hydrogen (secondary N) is 1. The highest BCUT2D eigenvalue weighted by Gasteiger charge is 2.06. The Morgan fingerprint density at radius 1 is 0.857 bits per heavy atom. The van der Waals surface area contributed by atoms with E-state index in [0.29, 0.717) is 12.3 Å². The molecule has 0 saturated heterocycles. The van der Waals surface area contributed by atoms with Crippen LogP contribution in [0.4, 0.5) is 5.69 Å². The van der Waals surface area contributed by atoms with Crippen molar-refractivity contribution in [1.82, 2.24) is 0 Å². The standard InChI is InChI=1S/C19H25NO/c1-14(2)17-6-8-18(9-7-17)15(3)20-19-10-4-16(5-11-19)12-13-21/h4-11,14-15,20-21H,12-13H2,1-3H3. The van der Waals surface area contributed by atoms with Gasteiger partial charge in [0.15, 0.2) is 0 Å². The van der Waals surface area contributed by atoms with Gasteiger partial charge in [0.2, 0.25) is 0 Å². The van der Waals surface area contributed by atoms with Crippen LogP contribution in [0, 0.1) is 0 Å². The van der Waals surface area contributed by atoms with Crippen molar-refractivity contribution in [2.45, 2.75) is 39.2 Å². The third-order valence-electron chi connectivity index (χ3n) is 3.84. The Morgan fingerprint density at radius 3 is 1.95 bits per heavy atom. The van der Waals surface area contributed by atoms with Crippen LogP contribution in [0.2, 0.25) is 0 Å². The fraction of sp³-hybridized carbons (Fsp3) is 0.368. The van der Waals surface area contributed by atoms with Crippen molar-refractivity contribution in [3.8, 4) is 0 Å². The van der Waals surface area contributed by atoms with Gasteiger partial charge in [-0.1, -0.05) is 50.2 Å². The average Bonchev–Trinajstić information content (AvgIpc) is 2.49. The minimum Gasteiger partial charge on any atom is -0.396 e. The molecule has 112 valence electrons. The second-order valence-corrected chi connectivity index (χ2v) is 5.86. The topological polar surface area (TPSA) is 32.3 Å². The van der Waals surface area contributed by atoms with E-state index in [0.717, 1.165) is 11.3 Å². The second-order valence-electron chi connectivity index (χ2n) is 5.86. The Morgan fingerprint density at radius 2 is 1.43 bits per heavy atom. The Hall–Kier alpha value is -1.80. The summed E-state index contributed by atoms with van der Waals surface area (Å²) in [5.41, 5.74) is 4.94. The first-order chi connectivity index (χ1) is 10.1. The summed E-state index contributed by atoms with van der Waals surface area (Å²) in [5.74, 6) is 0.571. The van der Waals surface area contributed by atoms with Gasteiger partial charge in [0.1, 0.15) is 0 Å². The first-order valence-corrected chi connectivity index (χ1v) is 7.66. The SMILES string of the molecule is CC(C)c1ccc(C(C)Nc2ccc(CCO)cc2)cc1. The molecule has 0 saturated carbocycles. The molecule has 0 aliphatic heterocycles. The van der Waals surface area contributed by atoms with Crippen LogP contribution in [0.3, 0.4) is 0 Å². The van der Waals surface area contributed by atoms with E-state index in [1.165, 1.54) is 11.1 Å². The predicted molar refractivity (Wildman–Crippen MR) is 89.8 cm³/mol. The van der Waals surface area contributed by atoms with Crippen molar-refractivity contribution in [3.63, 3.8) is 0 Å². The highest BCUT2D eigenvalue weighted by Crippen LogP contribution is 2.22. The van der Waals surface area contributed by atoms with Crippen LogP contribution in [0.25, 0.3) is 0 Å². The van der Waals surface area contributed by atoms with E-state index in [4.69, 9.17) is 5.11 Å². The number of hydrogen-bond donors (Lipinski definition) is 2. The Bertz CT molecular complexity index is 543. The minimum atomic E-state index is 0.200. The third kappa shape index (κ3) is 4.33. The summed E-state index contributed by atoms with van der Waals surface area (Å²) in [6.45, 7) is 6.80. The number of anilines is 1. The third-order valence-corrected chi connectivity index (χ3v) is 3.84. The lowest BCUT2D eigenvalue weighted by atomic mass is 9.99. The highest BCUT2D eigenvalue weighted by molar-refractivity contribution is 5.47. The molecule has 21 heavy (non-hydrogen) atoms. The fourth-order valence-corrected chi connectivity index (χ4v) is 2.40. The normalized spacial score (nSPS) is 12.4. The fourth-order valence-electron chi connectivity index (χ4n) is 2.40. The van der Waals surface area contributed by atoms with Crippen molar-refractivity contribution in [2.75, 3.05) is 11.9 Å². The zero-order valence-electron chi connectivity index (χ0n) is 13.1. The lowest BCUT2D eigenvalue weighted by Gasteiger charge is -2.17. The van der Waals surface area contributed by atoms with Crippen molar-refractivity contribution >= 4 is 5.69 Å². The van der Waals surface area contributed by atoms with Gasteiger partial charge in [0.25, 0.3) is 0 Å². The summed E-state index contributed by atoms with van der Waals surface area (Å²) in [6, 6.07) is 17.4. The van der Waals surface area contributed by atoms with E-state index in [2.05, 4.69) is 74.6 Å². The van der Waals surface area contributed by atoms with Gasteiger partial charge in [-0.25, -0.2) is 0 Å². The van der Waals surface area contributed by atoms with Crippen LogP contribution >= 0.6 is 0 Å². The first kappa shape index (κ1) is 15.6. The van der Waals surface area contributed by atoms with Gasteiger partial charge in [0.05, 0.1) is 0 Å². The Balaban J connectivity index is 2.01. The summed E-state index contributed by atoms with van der Waals surface area (Å²) in [5, 5.41) is 12.4. The summed E-state index contributed by atoms with van der Waals surface area (Å²) < 4.78 is 0. The molecule has 2 heteroatoms. The van der Waals surface area contributed by atoms with E-state index >= 15 is 0 Å². The maximum atomic E-state index is 8.93. The van der Waals surface area contributed by atoms with Crippen LogP contribution in [0.1, 0.15) is 49.4 Å². The highest BCUT2D eigenvalue weighted by atomic mass is 16.2. The van der Waals surface area contributed by atoms with Crippen LogP contribution < -0.4 is 5.32 Å². The molecule has 0 aliphatic carbocycles. The molecular weight excluding hydrogens is 258 g/mol. The number of aliphatic hydroxyl groups is 1. The number of benzene rings is 2. The molecule has 2 N–H and O–H groups in total. The average molecular weight is 283 g/mol. The van der Waals surface area contributed by atoms with Crippen molar-refractivity contribution in [2.24, 2.45) is 0 Å². The van der Waals surface area contributed by atoms with Gasteiger partial charge < -0.3 is 10.4 Å². The summed E-state index contributed by atoms with van der Waals surface area (Å²) in [7, 11) is 0. The monoisotopic (exact) mass is 283 g/mol. The number of hydrogen-bond acceptors (Lipinski definition) is 2. The van der Waals surface area contributed by atoms with Crippen LogP contribution in [0.15, 0.2) is 48.5 Å². The molecule has 0 bridgehead atoms. The van der Waals surface area contributed by atoms with E-state index in [1.807, 2.05) is 0 Å². The first-order valence-electron chi connectivity index (χ1n) is 7.66. The van der Waals surface area contributed by atoms with Gasteiger partial charge in [0, 0.05) is 18.3 Å². The summed E-state index contributed by atoms with van der Waals surface area (Å²) in [4.78, 5) is 0. The molecule has 0 aliphatic rings. The van der Waals surface area contributed by atoms with Gasteiger partial charge in [-0.15, -0.1) is 0 Å². The molecule has 0 aromatic heterocycles. The summed E-state index contributed by atoms with van der Waals surface area (Å²) >= 11 is 0. The van der Waals surface area contributed by atoms with Crippen molar-refractivity contribution in [1.29, 1.82) is 0 Å². The van der Waals surface area contributed by atoms with E-state index in [9.17, 15) is 0 Å².